The zero-order valence-electron chi connectivity index (χ0n) is 16.1. The van der Waals surface area contributed by atoms with Crippen molar-refractivity contribution in [1.82, 2.24) is 0 Å². The van der Waals surface area contributed by atoms with Crippen LogP contribution in [-0.2, 0) is 15.8 Å². The SMILES string of the molecule is CC(C)C(C)(C)[Si](C)(C)OC/C=C(\CO)COCc1ccccc1. The van der Waals surface area contributed by atoms with Crippen molar-refractivity contribution in [2.45, 2.75) is 52.4 Å². The summed E-state index contributed by atoms with van der Waals surface area (Å²) in [6, 6.07) is 10.1. The molecule has 0 saturated carbocycles. The van der Waals surface area contributed by atoms with Crippen LogP contribution in [-0.4, -0.2) is 33.2 Å². The molecule has 0 unspecified atom stereocenters. The third-order valence-corrected chi connectivity index (χ3v) is 9.98. The van der Waals surface area contributed by atoms with Crippen LogP contribution >= 0.6 is 0 Å². The fraction of sp³-hybridized carbons (Fsp3) is 0.600. The molecule has 0 saturated heterocycles. The van der Waals surface area contributed by atoms with Crippen molar-refractivity contribution in [3.63, 3.8) is 0 Å². The van der Waals surface area contributed by atoms with E-state index in [0.717, 1.165) is 11.1 Å². The highest BCUT2D eigenvalue weighted by atomic mass is 28.4. The zero-order valence-corrected chi connectivity index (χ0v) is 17.1. The maximum absolute atomic E-state index is 9.51. The predicted molar refractivity (Wildman–Crippen MR) is 104 cm³/mol. The van der Waals surface area contributed by atoms with Gasteiger partial charge in [-0.05, 0) is 35.2 Å². The summed E-state index contributed by atoms with van der Waals surface area (Å²) in [5.74, 6) is 0.578. The molecule has 0 bridgehead atoms. The van der Waals surface area contributed by atoms with Crippen LogP contribution in [0.2, 0.25) is 18.1 Å². The summed E-state index contributed by atoms with van der Waals surface area (Å²) in [6.07, 6.45) is 1.97. The minimum absolute atomic E-state index is 0.00765. The first-order valence-corrected chi connectivity index (χ1v) is 11.7. The van der Waals surface area contributed by atoms with Gasteiger partial charge in [0.25, 0.3) is 0 Å². The normalized spacial score (nSPS) is 13.6. The van der Waals surface area contributed by atoms with Crippen LogP contribution in [0.4, 0.5) is 0 Å². The topological polar surface area (TPSA) is 38.7 Å². The molecule has 0 fully saturated rings. The highest BCUT2D eigenvalue weighted by molar-refractivity contribution is 6.74. The van der Waals surface area contributed by atoms with E-state index in [1.54, 1.807) is 0 Å². The Balaban J connectivity index is 2.48. The minimum Gasteiger partial charge on any atom is -0.413 e. The van der Waals surface area contributed by atoms with Crippen molar-refractivity contribution < 1.29 is 14.3 Å². The van der Waals surface area contributed by atoms with Crippen molar-refractivity contribution in [2.24, 2.45) is 5.92 Å². The molecule has 24 heavy (non-hydrogen) atoms. The summed E-state index contributed by atoms with van der Waals surface area (Å²) in [4.78, 5) is 0. The molecule has 0 spiro atoms. The Morgan fingerprint density at radius 1 is 1.21 bits per heavy atom. The second kappa shape index (κ2) is 9.52. The lowest BCUT2D eigenvalue weighted by Gasteiger charge is -2.42. The molecular formula is C20H34O3Si. The van der Waals surface area contributed by atoms with E-state index >= 15 is 0 Å². The van der Waals surface area contributed by atoms with Gasteiger partial charge in [-0.15, -0.1) is 0 Å². The van der Waals surface area contributed by atoms with Gasteiger partial charge in [-0.2, -0.15) is 0 Å². The van der Waals surface area contributed by atoms with Gasteiger partial charge in [-0.25, -0.2) is 0 Å². The Hall–Kier alpha value is -0.943. The van der Waals surface area contributed by atoms with Crippen LogP contribution in [0.1, 0.15) is 33.3 Å². The second-order valence-corrected chi connectivity index (χ2v) is 12.3. The summed E-state index contributed by atoms with van der Waals surface area (Å²) in [5, 5.41) is 9.71. The van der Waals surface area contributed by atoms with E-state index in [1.807, 2.05) is 36.4 Å². The molecule has 1 aromatic rings. The number of hydrogen-bond acceptors (Lipinski definition) is 3. The van der Waals surface area contributed by atoms with Gasteiger partial charge >= 0.3 is 0 Å². The fourth-order valence-electron chi connectivity index (χ4n) is 2.29. The van der Waals surface area contributed by atoms with Crippen molar-refractivity contribution in [1.29, 1.82) is 0 Å². The molecule has 0 radical (unpaired) electrons. The van der Waals surface area contributed by atoms with Gasteiger partial charge < -0.3 is 14.3 Å². The summed E-state index contributed by atoms with van der Waals surface area (Å²) >= 11 is 0. The second-order valence-electron chi connectivity index (χ2n) is 7.70. The van der Waals surface area contributed by atoms with Crippen molar-refractivity contribution in [2.75, 3.05) is 19.8 Å². The van der Waals surface area contributed by atoms with Gasteiger partial charge in [0.1, 0.15) is 0 Å². The van der Waals surface area contributed by atoms with Gasteiger partial charge in [0, 0.05) is 0 Å². The molecule has 0 heterocycles. The maximum atomic E-state index is 9.51. The quantitative estimate of drug-likeness (QED) is 0.487. The van der Waals surface area contributed by atoms with Gasteiger partial charge in [0.2, 0.25) is 0 Å². The number of aliphatic hydroxyl groups excluding tert-OH is 1. The number of benzene rings is 1. The number of rotatable bonds is 10. The van der Waals surface area contributed by atoms with E-state index in [-0.39, 0.29) is 11.6 Å². The number of aliphatic hydroxyl groups is 1. The Labute approximate surface area is 148 Å². The summed E-state index contributed by atoms with van der Waals surface area (Å²) < 4.78 is 11.9. The lowest BCUT2D eigenvalue weighted by molar-refractivity contribution is 0.133. The molecule has 4 heteroatoms. The first kappa shape index (κ1) is 21.1. The highest BCUT2D eigenvalue weighted by Gasteiger charge is 2.42. The van der Waals surface area contributed by atoms with E-state index in [1.165, 1.54) is 0 Å². The third-order valence-electron chi connectivity index (χ3n) is 5.41. The maximum Gasteiger partial charge on any atom is 0.192 e. The van der Waals surface area contributed by atoms with Gasteiger partial charge in [0.15, 0.2) is 8.32 Å². The molecule has 0 aliphatic heterocycles. The molecule has 0 aliphatic carbocycles. The van der Waals surface area contributed by atoms with Gasteiger partial charge in [-0.1, -0.05) is 64.1 Å². The van der Waals surface area contributed by atoms with Crippen molar-refractivity contribution >= 4 is 8.32 Å². The standard InChI is InChI=1S/C20H34O3Si/c1-17(2)20(3,4)24(5,6)23-13-12-19(14-21)16-22-15-18-10-8-7-9-11-18/h7-12,17,21H,13-16H2,1-6H3/b19-12+. The first-order valence-electron chi connectivity index (χ1n) is 8.75. The van der Waals surface area contributed by atoms with Crippen LogP contribution < -0.4 is 0 Å². The Morgan fingerprint density at radius 2 is 1.83 bits per heavy atom. The van der Waals surface area contributed by atoms with E-state index in [0.29, 0.717) is 25.7 Å². The molecule has 3 nitrogen and oxygen atoms in total. The molecule has 1 N–H and O–H groups in total. The van der Waals surface area contributed by atoms with Crippen LogP contribution in [0.3, 0.4) is 0 Å². The van der Waals surface area contributed by atoms with E-state index in [4.69, 9.17) is 9.16 Å². The molecule has 1 aromatic carbocycles. The van der Waals surface area contributed by atoms with Crippen molar-refractivity contribution in [3.8, 4) is 0 Å². The molecule has 0 amide bonds. The van der Waals surface area contributed by atoms with E-state index in [9.17, 15) is 5.11 Å². The van der Waals surface area contributed by atoms with Gasteiger partial charge in [-0.3, -0.25) is 0 Å². The monoisotopic (exact) mass is 350 g/mol. The van der Waals surface area contributed by atoms with Crippen LogP contribution in [0.5, 0.6) is 0 Å². The Morgan fingerprint density at radius 3 is 2.38 bits per heavy atom. The Bertz CT molecular complexity index is 507. The highest BCUT2D eigenvalue weighted by Crippen LogP contribution is 2.44. The van der Waals surface area contributed by atoms with E-state index in [2.05, 4.69) is 40.8 Å². The third kappa shape index (κ3) is 6.17. The summed E-state index contributed by atoms with van der Waals surface area (Å²) in [5.41, 5.74) is 2.01. The van der Waals surface area contributed by atoms with E-state index < -0.39 is 8.32 Å². The average molecular weight is 351 g/mol. The predicted octanol–water partition coefficient (Wildman–Crippen LogP) is 4.78. The molecule has 1 rings (SSSR count). The smallest absolute Gasteiger partial charge is 0.192 e. The lowest BCUT2D eigenvalue weighted by Crippen LogP contribution is -2.45. The summed E-state index contributed by atoms with van der Waals surface area (Å²) in [7, 11) is -1.82. The number of ether oxygens (including phenoxy) is 1. The minimum atomic E-state index is -1.82. The van der Waals surface area contributed by atoms with Crippen molar-refractivity contribution in [3.05, 3.63) is 47.5 Å². The number of hydrogen-bond donors (Lipinski definition) is 1. The molecule has 0 aromatic heterocycles. The Kier molecular flexibility index (Phi) is 8.37. The van der Waals surface area contributed by atoms with Gasteiger partial charge in [0.05, 0.1) is 26.4 Å². The first-order chi connectivity index (χ1) is 11.2. The fourth-order valence-corrected chi connectivity index (χ4v) is 4.55. The lowest BCUT2D eigenvalue weighted by atomic mass is 9.99. The van der Waals surface area contributed by atoms with Crippen LogP contribution in [0, 0.1) is 5.92 Å². The molecule has 136 valence electrons. The average Bonchev–Trinajstić information content (AvgIpc) is 2.54. The van der Waals surface area contributed by atoms with Crippen LogP contribution in [0.25, 0.3) is 0 Å². The summed E-state index contributed by atoms with van der Waals surface area (Å²) in [6.45, 7) is 15.2. The largest absolute Gasteiger partial charge is 0.413 e. The molecule has 0 atom stereocenters. The zero-order chi connectivity index (χ0) is 18.2. The van der Waals surface area contributed by atoms with Crippen LogP contribution in [0.15, 0.2) is 42.0 Å². The molecule has 0 aliphatic rings. The molecular weight excluding hydrogens is 316 g/mol.